The van der Waals surface area contributed by atoms with Crippen molar-refractivity contribution in [2.24, 2.45) is 0 Å². The highest BCUT2D eigenvalue weighted by molar-refractivity contribution is 5.84. The SMILES string of the molecule is Cc1cc(C)c2[nH]c(=O)c(C3CC(=O)NCc4nc5ccccn5c43)cc2c1. The molecular formula is C22H20N4O2. The molecule has 1 aliphatic rings. The lowest BCUT2D eigenvalue weighted by Gasteiger charge is -2.16. The van der Waals surface area contributed by atoms with Gasteiger partial charge in [-0.1, -0.05) is 17.7 Å². The molecule has 1 unspecified atom stereocenters. The number of aryl methyl sites for hydroxylation is 2. The number of nitrogens with zero attached hydrogens (tertiary/aromatic N) is 2. The van der Waals surface area contributed by atoms with Crippen molar-refractivity contribution in [3.8, 4) is 0 Å². The molecular weight excluding hydrogens is 352 g/mol. The van der Waals surface area contributed by atoms with E-state index in [0.29, 0.717) is 12.1 Å². The number of amides is 1. The molecule has 0 aliphatic carbocycles. The van der Waals surface area contributed by atoms with Gasteiger partial charge < -0.3 is 14.7 Å². The molecule has 0 fully saturated rings. The Balaban J connectivity index is 1.80. The number of fused-ring (bicyclic) bond motifs is 4. The summed E-state index contributed by atoms with van der Waals surface area (Å²) in [5, 5.41) is 3.89. The lowest BCUT2D eigenvalue weighted by atomic mass is 9.91. The highest BCUT2D eigenvalue weighted by Crippen LogP contribution is 2.33. The van der Waals surface area contributed by atoms with Crippen molar-refractivity contribution in [2.45, 2.75) is 32.7 Å². The summed E-state index contributed by atoms with van der Waals surface area (Å²) in [6.07, 6.45) is 2.16. The van der Waals surface area contributed by atoms with Crippen LogP contribution in [0.25, 0.3) is 16.6 Å². The van der Waals surface area contributed by atoms with Crippen LogP contribution in [0.2, 0.25) is 0 Å². The van der Waals surface area contributed by atoms with Crippen LogP contribution in [0.3, 0.4) is 0 Å². The number of H-pyrrole nitrogens is 1. The first-order chi connectivity index (χ1) is 13.5. The Bertz CT molecular complexity index is 1320. The minimum atomic E-state index is -0.358. The van der Waals surface area contributed by atoms with E-state index in [9.17, 15) is 9.59 Å². The second-order valence-corrected chi connectivity index (χ2v) is 7.51. The average Bonchev–Trinajstić information content (AvgIpc) is 2.95. The number of hydrogen-bond acceptors (Lipinski definition) is 3. The van der Waals surface area contributed by atoms with Gasteiger partial charge in [-0.2, -0.15) is 0 Å². The average molecular weight is 372 g/mol. The van der Waals surface area contributed by atoms with Crippen molar-refractivity contribution < 1.29 is 4.79 Å². The number of carbonyl (C=O) groups excluding carboxylic acids is 1. The van der Waals surface area contributed by atoms with Gasteiger partial charge in [0, 0.05) is 24.1 Å². The monoisotopic (exact) mass is 372 g/mol. The molecule has 0 saturated carbocycles. The molecule has 1 aromatic carbocycles. The second-order valence-electron chi connectivity index (χ2n) is 7.51. The van der Waals surface area contributed by atoms with Crippen molar-refractivity contribution in [3.63, 3.8) is 0 Å². The van der Waals surface area contributed by atoms with E-state index in [2.05, 4.69) is 27.4 Å². The number of aromatic nitrogens is 3. The lowest BCUT2D eigenvalue weighted by Crippen LogP contribution is -2.24. The summed E-state index contributed by atoms with van der Waals surface area (Å²) in [4.78, 5) is 33.2. The van der Waals surface area contributed by atoms with Gasteiger partial charge in [0.15, 0.2) is 0 Å². The predicted molar refractivity (Wildman–Crippen MR) is 108 cm³/mol. The van der Waals surface area contributed by atoms with Gasteiger partial charge in [0.05, 0.1) is 23.4 Å². The van der Waals surface area contributed by atoms with Gasteiger partial charge in [0.2, 0.25) is 5.91 Å². The number of benzene rings is 1. The second kappa shape index (κ2) is 6.05. The molecule has 1 amide bonds. The number of rotatable bonds is 1. The summed E-state index contributed by atoms with van der Waals surface area (Å²) in [6.45, 7) is 4.40. The van der Waals surface area contributed by atoms with Crippen molar-refractivity contribution in [1.82, 2.24) is 19.7 Å². The molecule has 0 bridgehead atoms. The van der Waals surface area contributed by atoms with E-state index >= 15 is 0 Å². The first kappa shape index (κ1) is 16.7. The Morgan fingerprint density at radius 1 is 1.14 bits per heavy atom. The van der Waals surface area contributed by atoms with Crippen LogP contribution < -0.4 is 10.9 Å². The topological polar surface area (TPSA) is 79.3 Å². The zero-order valence-corrected chi connectivity index (χ0v) is 15.7. The van der Waals surface area contributed by atoms with Crippen LogP contribution in [0.1, 0.15) is 40.4 Å². The van der Waals surface area contributed by atoms with E-state index in [0.717, 1.165) is 39.1 Å². The van der Waals surface area contributed by atoms with Gasteiger partial charge in [0.1, 0.15) is 5.65 Å². The van der Waals surface area contributed by atoms with Crippen LogP contribution in [0, 0.1) is 13.8 Å². The van der Waals surface area contributed by atoms with Crippen LogP contribution in [0.5, 0.6) is 0 Å². The molecule has 1 aliphatic heterocycles. The van der Waals surface area contributed by atoms with Crippen LogP contribution >= 0.6 is 0 Å². The molecule has 2 N–H and O–H groups in total. The molecule has 0 radical (unpaired) electrons. The lowest BCUT2D eigenvalue weighted by molar-refractivity contribution is -0.121. The fraction of sp³-hybridized carbons (Fsp3) is 0.227. The molecule has 1 atom stereocenters. The molecule has 5 rings (SSSR count). The Labute approximate surface area is 161 Å². The van der Waals surface area contributed by atoms with Crippen LogP contribution in [0.4, 0.5) is 0 Å². The number of hydrogen-bond donors (Lipinski definition) is 2. The first-order valence-electron chi connectivity index (χ1n) is 9.38. The quantitative estimate of drug-likeness (QED) is 0.539. The Kier molecular flexibility index (Phi) is 3.62. The van der Waals surface area contributed by atoms with Crippen molar-refractivity contribution in [2.75, 3.05) is 0 Å². The van der Waals surface area contributed by atoms with Crippen LogP contribution in [0.15, 0.2) is 47.4 Å². The summed E-state index contributed by atoms with van der Waals surface area (Å²) in [5.74, 6) is -0.434. The van der Waals surface area contributed by atoms with Crippen molar-refractivity contribution >= 4 is 22.5 Å². The van der Waals surface area contributed by atoms with Gasteiger partial charge in [-0.3, -0.25) is 9.59 Å². The molecule has 3 aromatic heterocycles. The summed E-state index contributed by atoms with van der Waals surface area (Å²) >= 11 is 0. The van der Waals surface area contributed by atoms with Gasteiger partial charge in [-0.25, -0.2) is 4.98 Å². The smallest absolute Gasteiger partial charge is 0.252 e. The van der Waals surface area contributed by atoms with E-state index in [-0.39, 0.29) is 23.8 Å². The third-order valence-electron chi connectivity index (χ3n) is 5.51. The Morgan fingerprint density at radius 3 is 2.86 bits per heavy atom. The van der Waals surface area contributed by atoms with Gasteiger partial charge in [-0.05, 0) is 49.1 Å². The van der Waals surface area contributed by atoms with E-state index < -0.39 is 0 Å². The van der Waals surface area contributed by atoms with Gasteiger partial charge in [-0.15, -0.1) is 0 Å². The third kappa shape index (κ3) is 2.52. The van der Waals surface area contributed by atoms with Crippen molar-refractivity contribution in [3.05, 3.63) is 81.0 Å². The first-order valence-corrected chi connectivity index (χ1v) is 9.38. The molecule has 28 heavy (non-hydrogen) atoms. The third-order valence-corrected chi connectivity index (χ3v) is 5.51. The summed E-state index contributed by atoms with van der Waals surface area (Å²) in [6, 6.07) is 11.9. The molecule has 6 nitrogen and oxygen atoms in total. The molecule has 0 saturated heterocycles. The standard InChI is InChI=1S/C22H20N4O2/c1-12-7-13(2)20-14(8-12)9-16(22(28)25-20)15-10-19(27)23-11-17-21(15)26-6-4-3-5-18(26)24-17/h3-9,15H,10-11H2,1-2H3,(H,23,27)(H,25,28). The summed E-state index contributed by atoms with van der Waals surface area (Å²) < 4.78 is 1.99. The minimum Gasteiger partial charge on any atom is -0.350 e. The fourth-order valence-corrected chi connectivity index (χ4v) is 4.32. The van der Waals surface area contributed by atoms with E-state index in [1.807, 2.05) is 48.7 Å². The maximum Gasteiger partial charge on any atom is 0.252 e. The zero-order chi connectivity index (χ0) is 19.4. The number of imidazole rings is 1. The fourth-order valence-electron chi connectivity index (χ4n) is 4.32. The maximum absolute atomic E-state index is 13.0. The number of aromatic amines is 1. The minimum absolute atomic E-state index is 0.0763. The normalized spacial score (nSPS) is 16.8. The molecule has 4 aromatic rings. The number of nitrogens with one attached hydrogen (secondary N) is 2. The van der Waals surface area contributed by atoms with E-state index in [1.165, 1.54) is 0 Å². The van der Waals surface area contributed by atoms with Crippen LogP contribution in [-0.2, 0) is 11.3 Å². The van der Waals surface area contributed by atoms with Crippen molar-refractivity contribution in [1.29, 1.82) is 0 Å². The zero-order valence-electron chi connectivity index (χ0n) is 15.7. The maximum atomic E-state index is 13.0. The Hall–Kier alpha value is -3.41. The largest absolute Gasteiger partial charge is 0.350 e. The number of pyridine rings is 2. The molecule has 0 spiro atoms. The Morgan fingerprint density at radius 2 is 2.00 bits per heavy atom. The molecule has 4 heterocycles. The number of carbonyl (C=O) groups is 1. The van der Waals surface area contributed by atoms with Gasteiger partial charge >= 0.3 is 0 Å². The van der Waals surface area contributed by atoms with Crippen LogP contribution in [-0.4, -0.2) is 20.3 Å². The molecule has 6 heteroatoms. The van der Waals surface area contributed by atoms with Gasteiger partial charge in [0.25, 0.3) is 5.56 Å². The van der Waals surface area contributed by atoms with E-state index in [1.54, 1.807) is 0 Å². The predicted octanol–water partition coefficient (Wildman–Crippen LogP) is 2.94. The summed E-state index contributed by atoms with van der Waals surface area (Å²) in [7, 11) is 0. The van der Waals surface area contributed by atoms with E-state index in [4.69, 9.17) is 0 Å². The molecule has 140 valence electrons. The summed E-state index contributed by atoms with van der Waals surface area (Å²) in [5.41, 5.74) is 5.99. The highest BCUT2D eigenvalue weighted by Gasteiger charge is 2.30. The highest BCUT2D eigenvalue weighted by atomic mass is 16.1.